The highest BCUT2D eigenvalue weighted by atomic mass is 35.5. The maximum Gasteiger partial charge on any atom is 0.417 e. The number of amides is 1. The van der Waals surface area contributed by atoms with Gasteiger partial charge in [0.25, 0.3) is 0 Å². The highest BCUT2D eigenvalue weighted by molar-refractivity contribution is 6.33. The van der Waals surface area contributed by atoms with Crippen LogP contribution in [-0.4, -0.2) is 35.8 Å². The second kappa shape index (κ2) is 7.27. The number of pyridine rings is 1. The molecule has 1 aliphatic heterocycles. The van der Waals surface area contributed by atoms with Gasteiger partial charge in [-0.2, -0.15) is 13.2 Å². The van der Waals surface area contributed by atoms with Gasteiger partial charge in [-0.15, -0.1) is 0 Å². The molecule has 140 valence electrons. The van der Waals surface area contributed by atoms with Crippen LogP contribution in [0.2, 0.25) is 5.02 Å². The topological polar surface area (TPSA) is 54.5 Å². The van der Waals surface area contributed by atoms with Crippen molar-refractivity contribution in [2.24, 2.45) is 0 Å². The Balaban J connectivity index is 2.05. The number of alkyl carbamates (subject to hydrolysis) is 1. The molecule has 0 aliphatic carbocycles. The molecule has 1 N–H and O–H groups in total. The van der Waals surface area contributed by atoms with Crippen LogP contribution in [0.5, 0.6) is 0 Å². The van der Waals surface area contributed by atoms with Crippen molar-refractivity contribution in [2.75, 3.05) is 18.0 Å². The van der Waals surface area contributed by atoms with Gasteiger partial charge < -0.3 is 15.0 Å². The highest BCUT2D eigenvalue weighted by Crippen LogP contribution is 2.34. The number of aromatic nitrogens is 1. The number of hydrogen-bond donors (Lipinski definition) is 1. The van der Waals surface area contributed by atoms with E-state index < -0.39 is 23.4 Å². The number of carbonyl (C=O) groups excluding carboxylic acids is 1. The number of piperidine rings is 1. The fourth-order valence-electron chi connectivity index (χ4n) is 2.53. The van der Waals surface area contributed by atoms with Crippen molar-refractivity contribution >= 4 is 23.5 Å². The fourth-order valence-corrected chi connectivity index (χ4v) is 2.82. The molecule has 1 fully saturated rings. The number of nitrogens with one attached hydrogen (secondary N) is 1. The molecule has 1 amide bonds. The standard InChI is InChI=1S/C16H21ClF3N3O2/c1-15(2,3)22-14(24)25-11-5-4-6-23(9-11)13-12(17)7-10(8-21-13)16(18,19)20/h7-8,11H,4-6,9H2,1-3H3,(H,22,24)/t11-/m0/s1. The molecular weight excluding hydrogens is 359 g/mol. The first-order valence-corrected chi connectivity index (χ1v) is 8.30. The average molecular weight is 380 g/mol. The molecular formula is C16H21ClF3N3O2. The average Bonchev–Trinajstić information content (AvgIpc) is 2.44. The van der Waals surface area contributed by atoms with E-state index in [0.717, 1.165) is 12.3 Å². The summed E-state index contributed by atoms with van der Waals surface area (Å²) in [5.41, 5.74) is -1.31. The number of anilines is 1. The number of carbonyl (C=O) groups is 1. The van der Waals surface area contributed by atoms with Gasteiger partial charge in [0, 0.05) is 18.3 Å². The number of hydrogen-bond acceptors (Lipinski definition) is 4. The van der Waals surface area contributed by atoms with Gasteiger partial charge in [0.2, 0.25) is 0 Å². The van der Waals surface area contributed by atoms with Gasteiger partial charge in [0.1, 0.15) is 11.9 Å². The first kappa shape index (κ1) is 19.6. The second-order valence-electron chi connectivity index (χ2n) is 7.02. The summed E-state index contributed by atoms with van der Waals surface area (Å²) in [5.74, 6) is 0.263. The molecule has 2 heterocycles. The van der Waals surface area contributed by atoms with E-state index in [1.807, 2.05) is 20.8 Å². The summed E-state index contributed by atoms with van der Waals surface area (Å²) < 4.78 is 43.5. The summed E-state index contributed by atoms with van der Waals surface area (Å²) in [6.07, 6.45) is -3.24. The molecule has 1 aromatic rings. The van der Waals surface area contributed by atoms with Gasteiger partial charge in [0.15, 0.2) is 0 Å². The Morgan fingerprint density at radius 2 is 2.08 bits per heavy atom. The van der Waals surface area contributed by atoms with Crippen LogP contribution in [0.3, 0.4) is 0 Å². The molecule has 0 bridgehead atoms. The zero-order chi connectivity index (χ0) is 18.8. The highest BCUT2D eigenvalue weighted by Gasteiger charge is 2.33. The zero-order valence-corrected chi connectivity index (χ0v) is 15.0. The van der Waals surface area contributed by atoms with Gasteiger partial charge in [-0.25, -0.2) is 9.78 Å². The lowest BCUT2D eigenvalue weighted by Gasteiger charge is -2.34. The van der Waals surface area contributed by atoms with Crippen molar-refractivity contribution in [3.05, 3.63) is 22.8 Å². The third kappa shape index (κ3) is 5.66. The molecule has 1 saturated heterocycles. The Morgan fingerprint density at radius 1 is 1.40 bits per heavy atom. The van der Waals surface area contributed by atoms with Crippen LogP contribution in [-0.2, 0) is 10.9 Å². The molecule has 25 heavy (non-hydrogen) atoms. The summed E-state index contributed by atoms with van der Waals surface area (Å²) in [6.45, 7) is 6.43. The first-order valence-electron chi connectivity index (χ1n) is 7.92. The third-order valence-electron chi connectivity index (χ3n) is 3.58. The van der Waals surface area contributed by atoms with Crippen molar-refractivity contribution in [2.45, 2.75) is 51.4 Å². The van der Waals surface area contributed by atoms with E-state index in [2.05, 4.69) is 10.3 Å². The molecule has 9 heteroatoms. The van der Waals surface area contributed by atoms with Crippen LogP contribution in [0.1, 0.15) is 39.2 Å². The van der Waals surface area contributed by atoms with E-state index in [0.29, 0.717) is 25.9 Å². The van der Waals surface area contributed by atoms with Crippen molar-refractivity contribution in [1.82, 2.24) is 10.3 Å². The van der Waals surface area contributed by atoms with Gasteiger partial charge >= 0.3 is 12.3 Å². The van der Waals surface area contributed by atoms with Crippen molar-refractivity contribution in [3.63, 3.8) is 0 Å². The van der Waals surface area contributed by atoms with Crippen molar-refractivity contribution in [1.29, 1.82) is 0 Å². The van der Waals surface area contributed by atoms with E-state index in [4.69, 9.17) is 16.3 Å². The van der Waals surface area contributed by atoms with Gasteiger partial charge in [0.05, 0.1) is 17.1 Å². The normalized spacial score (nSPS) is 18.8. The van der Waals surface area contributed by atoms with E-state index in [1.54, 1.807) is 4.90 Å². The van der Waals surface area contributed by atoms with E-state index in [-0.39, 0.29) is 16.9 Å². The van der Waals surface area contributed by atoms with Gasteiger partial charge in [-0.1, -0.05) is 11.6 Å². The van der Waals surface area contributed by atoms with Crippen LogP contribution >= 0.6 is 11.6 Å². The molecule has 2 rings (SSSR count). The Kier molecular flexibility index (Phi) is 5.71. The molecule has 1 aliphatic rings. The molecule has 5 nitrogen and oxygen atoms in total. The number of halogens is 4. The third-order valence-corrected chi connectivity index (χ3v) is 3.86. The van der Waals surface area contributed by atoms with E-state index >= 15 is 0 Å². The maximum absolute atomic E-state index is 12.7. The van der Waals surface area contributed by atoms with Crippen LogP contribution in [0.4, 0.5) is 23.8 Å². The van der Waals surface area contributed by atoms with Crippen LogP contribution in [0, 0.1) is 0 Å². The Hall–Kier alpha value is -1.70. The molecule has 0 aromatic carbocycles. The van der Waals surface area contributed by atoms with Crippen LogP contribution < -0.4 is 10.2 Å². The van der Waals surface area contributed by atoms with E-state index in [1.165, 1.54) is 0 Å². The minimum Gasteiger partial charge on any atom is -0.444 e. The fraction of sp³-hybridized carbons (Fsp3) is 0.625. The lowest BCUT2D eigenvalue weighted by atomic mass is 10.1. The van der Waals surface area contributed by atoms with E-state index in [9.17, 15) is 18.0 Å². The molecule has 1 aromatic heterocycles. The number of ether oxygens (including phenoxy) is 1. The Labute approximate surface area is 149 Å². The number of alkyl halides is 3. The molecule has 1 atom stereocenters. The quantitative estimate of drug-likeness (QED) is 0.834. The Bertz CT molecular complexity index is 632. The summed E-state index contributed by atoms with van der Waals surface area (Å²) in [4.78, 5) is 17.5. The number of rotatable bonds is 2. The van der Waals surface area contributed by atoms with Gasteiger partial charge in [-0.05, 0) is 39.7 Å². The van der Waals surface area contributed by atoms with Crippen LogP contribution in [0.15, 0.2) is 12.3 Å². The molecule has 0 spiro atoms. The summed E-state index contributed by atoms with van der Waals surface area (Å²) in [5, 5.41) is 2.64. The minimum absolute atomic E-state index is 0.0744. The predicted octanol–water partition coefficient (Wildman–Crippen LogP) is 4.25. The van der Waals surface area contributed by atoms with Crippen molar-refractivity contribution < 1.29 is 22.7 Å². The lowest BCUT2D eigenvalue weighted by Crippen LogP contribution is -2.46. The smallest absolute Gasteiger partial charge is 0.417 e. The van der Waals surface area contributed by atoms with Gasteiger partial charge in [-0.3, -0.25) is 0 Å². The monoisotopic (exact) mass is 379 g/mol. The predicted molar refractivity (Wildman–Crippen MR) is 88.9 cm³/mol. The number of nitrogens with zero attached hydrogens (tertiary/aromatic N) is 2. The summed E-state index contributed by atoms with van der Waals surface area (Å²) >= 11 is 5.99. The summed E-state index contributed by atoms with van der Waals surface area (Å²) in [7, 11) is 0. The maximum atomic E-state index is 12.7. The molecule has 0 saturated carbocycles. The SMILES string of the molecule is CC(C)(C)NC(=O)O[C@H]1CCCN(c2ncc(C(F)(F)F)cc2Cl)C1. The van der Waals surface area contributed by atoms with Crippen LogP contribution in [0.25, 0.3) is 0 Å². The minimum atomic E-state index is -4.49. The molecule has 0 radical (unpaired) electrons. The largest absolute Gasteiger partial charge is 0.444 e. The first-order chi connectivity index (χ1) is 11.5. The second-order valence-corrected chi connectivity index (χ2v) is 7.42. The lowest BCUT2D eigenvalue weighted by molar-refractivity contribution is -0.137. The molecule has 0 unspecified atom stereocenters. The zero-order valence-electron chi connectivity index (χ0n) is 14.3. The Morgan fingerprint density at radius 3 is 2.64 bits per heavy atom. The summed E-state index contributed by atoms with van der Waals surface area (Å²) in [6, 6.07) is 0.862. The van der Waals surface area contributed by atoms with Crippen molar-refractivity contribution in [3.8, 4) is 0 Å².